The topological polar surface area (TPSA) is 111 Å². The van der Waals surface area contributed by atoms with Crippen molar-refractivity contribution in [3.05, 3.63) is 24.3 Å². The van der Waals surface area contributed by atoms with Crippen LogP contribution in [0.1, 0.15) is 27.7 Å². The summed E-state index contributed by atoms with van der Waals surface area (Å²) in [6, 6.07) is 3.85. The van der Waals surface area contributed by atoms with Crippen molar-refractivity contribution in [1.29, 1.82) is 0 Å². The molecule has 10 nitrogen and oxygen atoms in total. The first-order valence-electron chi connectivity index (χ1n) is 10.7. The maximum absolute atomic E-state index is 12.3. The van der Waals surface area contributed by atoms with E-state index in [-0.39, 0.29) is 26.4 Å². The molecule has 0 bridgehead atoms. The van der Waals surface area contributed by atoms with Crippen LogP contribution in [-0.4, -0.2) is 74.5 Å². The quantitative estimate of drug-likeness (QED) is 0.293. The highest BCUT2D eigenvalue weighted by atomic mass is 16.6. The molecule has 4 atom stereocenters. The number of hydrogen-bond donors (Lipinski definition) is 0. The highest BCUT2D eigenvalue weighted by Crippen LogP contribution is 2.41. The molecule has 1 aromatic carbocycles. The predicted molar refractivity (Wildman–Crippen MR) is 113 cm³/mol. The molecule has 2 fully saturated rings. The average Bonchev–Trinajstić information content (AvgIpc) is 3.66. The molecule has 0 aliphatic carbocycles. The highest BCUT2D eigenvalue weighted by Gasteiger charge is 2.60. The lowest BCUT2D eigenvalue weighted by molar-refractivity contribution is -0.147. The summed E-state index contributed by atoms with van der Waals surface area (Å²) >= 11 is 0. The van der Waals surface area contributed by atoms with Crippen molar-refractivity contribution in [2.24, 2.45) is 0 Å². The standard InChI is InChI=1S/C22H28N2O8/c1-5-29-19(25)15-16(20(26)30-6-2)23(15)13-9-11-14(12-10-13)24-17(21(27)31-7-3)18(24)22(28)32-8-4/h9-12,15-18H,5-8H2,1-4H3/t15-,16-,17-,18+,24?/m1/s1. The number of anilines is 2. The number of carbonyl (C=O) groups excluding carboxylic acids is 4. The smallest absolute Gasteiger partial charge is 0.331 e. The van der Waals surface area contributed by atoms with Gasteiger partial charge in [0, 0.05) is 11.4 Å². The van der Waals surface area contributed by atoms with E-state index >= 15 is 0 Å². The molecule has 0 N–H and O–H groups in total. The van der Waals surface area contributed by atoms with Crippen LogP contribution in [0.25, 0.3) is 0 Å². The molecule has 0 spiro atoms. The van der Waals surface area contributed by atoms with Crippen LogP contribution in [0.4, 0.5) is 11.4 Å². The van der Waals surface area contributed by atoms with Gasteiger partial charge in [-0.3, -0.25) is 0 Å². The number of benzene rings is 1. The molecule has 0 amide bonds. The third-order valence-electron chi connectivity index (χ3n) is 5.18. The van der Waals surface area contributed by atoms with Crippen molar-refractivity contribution in [3.63, 3.8) is 0 Å². The predicted octanol–water partition coefficient (Wildman–Crippen LogP) is 1.05. The summed E-state index contributed by atoms with van der Waals surface area (Å²) in [6.07, 6.45) is 0. The molecule has 0 saturated carbocycles. The van der Waals surface area contributed by atoms with Gasteiger partial charge >= 0.3 is 23.9 Å². The molecule has 3 rings (SSSR count). The van der Waals surface area contributed by atoms with Gasteiger partial charge in [-0.15, -0.1) is 0 Å². The minimum atomic E-state index is -0.749. The fourth-order valence-corrected chi connectivity index (χ4v) is 3.78. The van der Waals surface area contributed by atoms with Gasteiger partial charge in [-0.05, 0) is 52.0 Å². The second kappa shape index (κ2) is 9.88. The van der Waals surface area contributed by atoms with Crippen LogP contribution < -0.4 is 9.80 Å². The average molecular weight is 448 g/mol. The van der Waals surface area contributed by atoms with E-state index in [9.17, 15) is 19.2 Å². The number of ether oxygens (including phenoxy) is 4. The summed E-state index contributed by atoms with van der Waals surface area (Å²) < 4.78 is 20.3. The summed E-state index contributed by atoms with van der Waals surface area (Å²) in [5, 5.41) is 0. The highest BCUT2D eigenvalue weighted by molar-refractivity contribution is 6.02. The molecule has 2 aliphatic heterocycles. The Kier molecular flexibility index (Phi) is 7.22. The fraction of sp³-hybridized carbons (Fsp3) is 0.545. The summed E-state index contributed by atoms with van der Waals surface area (Å²) in [4.78, 5) is 52.3. The van der Waals surface area contributed by atoms with Crippen LogP contribution >= 0.6 is 0 Å². The Morgan fingerprint density at radius 3 is 0.969 bits per heavy atom. The van der Waals surface area contributed by atoms with Gasteiger partial charge in [0.15, 0.2) is 24.2 Å². The summed E-state index contributed by atoms with van der Waals surface area (Å²) in [5.41, 5.74) is 1.24. The molecule has 1 aromatic rings. The van der Waals surface area contributed by atoms with Crippen molar-refractivity contribution in [2.75, 3.05) is 36.2 Å². The van der Waals surface area contributed by atoms with Crippen molar-refractivity contribution in [2.45, 2.75) is 51.9 Å². The Bertz CT molecular complexity index is 752. The van der Waals surface area contributed by atoms with Gasteiger partial charge in [0.1, 0.15) is 0 Å². The van der Waals surface area contributed by atoms with Gasteiger partial charge in [0.05, 0.1) is 26.4 Å². The summed E-state index contributed by atoms with van der Waals surface area (Å²) in [7, 11) is 0. The molecule has 0 aromatic heterocycles. The maximum atomic E-state index is 12.3. The third-order valence-corrected chi connectivity index (χ3v) is 5.18. The molecule has 174 valence electrons. The van der Waals surface area contributed by atoms with Gasteiger partial charge in [-0.2, -0.15) is 0 Å². The van der Waals surface area contributed by atoms with E-state index in [0.717, 1.165) is 0 Å². The van der Waals surface area contributed by atoms with E-state index in [1.807, 2.05) is 0 Å². The number of rotatable bonds is 10. The van der Waals surface area contributed by atoms with Gasteiger partial charge in [0.25, 0.3) is 0 Å². The second-order valence-corrected chi connectivity index (χ2v) is 7.12. The Morgan fingerprint density at radius 2 is 0.781 bits per heavy atom. The minimum absolute atomic E-state index is 0.205. The minimum Gasteiger partial charge on any atom is -0.464 e. The first kappa shape index (κ1) is 23.4. The van der Waals surface area contributed by atoms with E-state index in [2.05, 4.69) is 0 Å². The van der Waals surface area contributed by atoms with Crippen LogP contribution in [0, 0.1) is 0 Å². The lowest BCUT2D eigenvalue weighted by Crippen LogP contribution is -2.20. The normalized spacial score (nSPS) is 23.2. The lowest BCUT2D eigenvalue weighted by atomic mass is 10.2. The first-order valence-corrected chi connectivity index (χ1v) is 10.7. The van der Waals surface area contributed by atoms with Crippen molar-refractivity contribution in [1.82, 2.24) is 0 Å². The van der Waals surface area contributed by atoms with E-state index < -0.39 is 48.0 Å². The first-order chi connectivity index (χ1) is 15.4. The molecular formula is C22H28N2O8. The zero-order valence-corrected chi connectivity index (χ0v) is 18.6. The maximum Gasteiger partial charge on any atom is 0.331 e. The van der Waals surface area contributed by atoms with Crippen LogP contribution in [0.15, 0.2) is 24.3 Å². The van der Waals surface area contributed by atoms with Gasteiger partial charge in [-0.25, -0.2) is 19.2 Å². The Balaban J connectivity index is 1.78. The van der Waals surface area contributed by atoms with Crippen LogP contribution in [0.3, 0.4) is 0 Å². The van der Waals surface area contributed by atoms with Crippen molar-refractivity contribution >= 4 is 35.3 Å². The fourth-order valence-electron chi connectivity index (χ4n) is 3.78. The number of carbonyl (C=O) groups is 4. The van der Waals surface area contributed by atoms with Crippen LogP contribution in [0.5, 0.6) is 0 Å². The third kappa shape index (κ3) is 4.49. The number of esters is 4. The Hall–Kier alpha value is -3.30. The Labute approximate surface area is 186 Å². The van der Waals surface area contributed by atoms with Gasteiger partial charge in [-0.1, -0.05) is 0 Å². The van der Waals surface area contributed by atoms with Crippen LogP contribution in [0.2, 0.25) is 0 Å². The Morgan fingerprint density at radius 1 is 0.562 bits per heavy atom. The van der Waals surface area contributed by atoms with Crippen LogP contribution in [-0.2, 0) is 38.1 Å². The van der Waals surface area contributed by atoms with E-state index in [1.54, 1.807) is 61.8 Å². The molecule has 10 heteroatoms. The number of hydrogen-bond acceptors (Lipinski definition) is 10. The molecule has 0 radical (unpaired) electrons. The molecule has 2 aliphatic rings. The molecular weight excluding hydrogens is 420 g/mol. The monoisotopic (exact) mass is 448 g/mol. The van der Waals surface area contributed by atoms with Crippen molar-refractivity contribution < 1.29 is 38.1 Å². The second-order valence-electron chi connectivity index (χ2n) is 7.12. The van der Waals surface area contributed by atoms with E-state index in [1.165, 1.54) is 0 Å². The molecule has 2 saturated heterocycles. The molecule has 32 heavy (non-hydrogen) atoms. The SMILES string of the molecule is CCOC(=O)[C@@H]1[C@H](C(=O)OCC)N1c1ccc(N2[C@@H](C(=O)OCC)[C@@H]2C(=O)OCC)cc1. The van der Waals surface area contributed by atoms with Gasteiger partial charge < -0.3 is 28.7 Å². The lowest BCUT2D eigenvalue weighted by Gasteiger charge is -2.10. The largest absolute Gasteiger partial charge is 0.464 e. The summed E-state index contributed by atoms with van der Waals surface area (Å²) in [6.45, 7) is 7.61. The zero-order valence-electron chi connectivity index (χ0n) is 18.6. The summed E-state index contributed by atoms with van der Waals surface area (Å²) in [5.74, 6) is -1.98. The van der Waals surface area contributed by atoms with E-state index in [0.29, 0.717) is 11.4 Å². The zero-order chi connectivity index (χ0) is 23.4. The van der Waals surface area contributed by atoms with Crippen molar-refractivity contribution in [3.8, 4) is 0 Å². The molecule has 0 unspecified atom stereocenters. The van der Waals surface area contributed by atoms with E-state index in [4.69, 9.17) is 18.9 Å². The van der Waals surface area contributed by atoms with Gasteiger partial charge in [0.2, 0.25) is 0 Å². The number of nitrogens with zero attached hydrogens (tertiary/aromatic N) is 2. The molecule has 2 heterocycles.